The summed E-state index contributed by atoms with van der Waals surface area (Å²) in [5, 5.41) is 4.80. The second-order valence-electron chi connectivity index (χ2n) is 11.7. The van der Waals surface area contributed by atoms with Crippen molar-refractivity contribution < 1.29 is 13.9 Å². The molecule has 222 valence electrons. The van der Waals surface area contributed by atoms with E-state index in [2.05, 4.69) is 25.8 Å². The third-order valence-corrected chi connectivity index (χ3v) is 8.67. The summed E-state index contributed by atoms with van der Waals surface area (Å²) in [6, 6.07) is 23.0. The number of benzene rings is 3. The lowest BCUT2D eigenvalue weighted by Crippen LogP contribution is -2.39. The van der Waals surface area contributed by atoms with Crippen molar-refractivity contribution in [1.29, 1.82) is 0 Å². The first kappa shape index (κ1) is 29.2. The van der Waals surface area contributed by atoms with Crippen LogP contribution in [0.25, 0.3) is 23.0 Å². The number of esters is 1. The zero-order valence-electron chi connectivity index (χ0n) is 25.0. The van der Waals surface area contributed by atoms with Crippen LogP contribution < -0.4 is 14.9 Å². The summed E-state index contributed by atoms with van der Waals surface area (Å²) < 4.78 is 22.7. The van der Waals surface area contributed by atoms with Crippen molar-refractivity contribution in [3.8, 4) is 16.9 Å². The lowest BCUT2D eigenvalue weighted by Gasteiger charge is -2.25. The predicted molar refractivity (Wildman–Crippen MR) is 170 cm³/mol. The first-order chi connectivity index (χ1) is 21.0. The molecule has 0 unspecified atom stereocenters. The van der Waals surface area contributed by atoms with Crippen LogP contribution in [0.4, 0.5) is 4.39 Å². The van der Waals surface area contributed by atoms with Gasteiger partial charge in [0.2, 0.25) is 0 Å². The van der Waals surface area contributed by atoms with Gasteiger partial charge in [0, 0.05) is 17.3 Å². The Kier molecular flexibility index (Phi) is 7.51. The molecule has 1 aliphatic heterocycles. The van der Waals surface area contributed by atoms with Crippen LogP contribution in [0, 0.1) is 5.82 Å². The molecule has 3 aromatic carbocycles. The van der Waals surface area contributed by atoms with Gasteiger partial charge >= 0.3 is 5.97 Å². The van der Waals surface area contributed by atoms with Crippen molar-refractivity contribution in [3.63, 3.8) is 0 Å². The largest absolute Gasteiger partial charge is 0.466 e. The third kappa shape index (κ3) is 5.35. The molecule has 0 bridgehead atoms. The van der Waals surface area contributed by atoms with Crippen LogP contribution >= 0.6 is 11.3 Å². The number of halogens is 1. The summed E-state index contributed by atoms with van der Waals surface area (Å²) in [5.74, 6) is -0.883. The highest BCUT2D eigenvalue weighted by atomic mass is 32.1. The minimum absolute atomic E-state index is 0.0592. The van der Waals surface area contributed by atoms with Crippen LogP contribution in [0.15, 0.2) is 106 Å². The minimum Gasteiger partial charge on any atom is -0.466 e. The minimum atomic E-state index is -0.710. The maximum Gasteiger partial charge on any atom is 0.338 e. The molecule has 9 heteroatoms. The smallest absolute Gasteiger partial charge is 0.338 e. The van der Waals surface area contributed by atoms with Crippen molar-refractivity contribution in [2.24, 2.45) is 4.99 Å². The van der Waals surface area contributed by atoms with Crippen LogP contribution in [0.5, 0.6) is 0 Å². The van der Waals surface area contributed by atoms with E-state index in [-0.39, 0.29) is 16.8 Å². The molecule has 0 N–H and O–H groups in total. The second kappa shape index (κ2) is 11.3. The summed E-state index contributed by atoms with van der Waals surface area (Å²) in [4.78, 5) is 32.4. The number of fused-ring (bicyclic) bond motifs is 1. The molecular formula is C35H31FN4O3S. The number of allylic oxidation sites excluding steroid dienone is 1. The summed E-state index contributed by atoms with van der Waals surface area (Å²) in [6.45, 7) is 8.16. The van der Waals surface area contributed by atoms with Gasteiger partial charge in [-0.05, 0) is 65.9 Å². The number of ether oxygens (including phenoxy) is 1. The van der Waals surface area contributed by atoms with E-state index < -0.39 is 12.0 Å². The molecule has 1 atom stereocenters. The molecule has 0 aliphatic carbocycles. The van der Waals surface area contributed by atoms with Crippen LogP contribution in [-0.2, 0) is 14.9 Å². The van der Waals surface area contributed by atoms with Gasteiger partial charge in [-0.25, -0.2) is 18.9 Å². The molecule has 1 aliphatic rings. The van der Waals surface area contributed by atoms with Gasteiger partial charge < -0.3 is 4.74 Å². The SMILES string of the molecule is COC(=O)C1=C(C)N=c2s/c(=C\c3cn(-c4ccccc4)nc3-c3ccc(F)cc3)c(=O)n2[C@@H]1c1ccc(C(C)(C)C)cc1. The number of aromatic nitrogens is 3. The van der Waals surface area contributed by atoms with Crippen molar-refractivity contribution in [2.45, 2.75) is 39.2 Å². The standard InChI is InChI=1S/C35H31FN4O3S/c1-21-29(33(42)43-5)31(23-11-15-25(16-12-23)35(2,3)4)40-32(41)28(44-34(40)37-21)19-24-20-39(27-9-7-6-8-10-27)38-30(24)22-13-17-26(36)18-14-22/h6-20,31H,1-5H3/b28-19-/t31-/m1/s1. The van der Waals surface area contributed by atoms with E-state index in [9.17, 15) is 14.0 Å². The Hall–Kier alpha value is -4.89. The molecule has 0 saturated heterocycles. The van der Waals surface area contributed by atoms with Gasteiger partial charge in [-0.15, -0.1) is 0 Å². The molecule has 0 radical (unpaired) electrons. The average molecular weight is 607 g/mol. The van der Waals surface area contributed by atoms with E-state index >= 15 is 0 Å². The Morgan fingerprint density at radius 1 is 1.00 bits per heavy atom. The average Bonchev–Trinajstić information content (AvgIpc) is 3.57. The fourth-order valence-corrected chi connectivity index (χ4v) is 6.39. The molecule has 6 rings (SSSR count). The van der Waals surface area contributed by atoms with Gasteiger partial charge in [-0.1, -0.05) is 74.6 Å². The number of thiazole rings is 1. The first-order valence-corrected chi connectivity index (χ1v) is 15.0. The van der Waals surface area contributed by atoms with Crippen LogP contribution in [0.2, 0.25) is 0 Å². The summed E-state index contributed by atoms with van der Waals surface area (Å²) >= 11 is 1.24. The highest BCUT2D eigenvalue weighted by molar-refractivity contribution is 7.07. The number of methoxy groups -OCH3 is 1. The predicted octanol–water partition coefficient (Wildman–Crippen LogP) is 5.70. The molecule has 7 nitrogen and oxygen atoms in total. The van der Waals surface area contributed by atoms with Crippen LogP contribution in [-0.4, -0.2) is 27.4 Å². The van der Waals surface area contributed by atoms with Crippen LogP contribution in [0.1, 0.15) is 50.4 Å². The molecule has 0 saturated carbocycles. The van der Waals surface area contributed by atoms with Crippen molar-refractivity contribution in [2.75, 3.05) is 7.11 Å². The number of nitrogens with zero attached hydrogens (tertiary/aromatic N) is 4. The molecule has 5 aromatic rings. The zero-order valence-corrected chi connectivity index (χ0v) is 25.9. The van der Waals surface area contributed by atoms with Gasteiger partial charge in [-0.3, -0.25) is 9.36 Å². The Labute approximate surface area is 257 Å². The molecule has 0 spiro atoms. The van der Waals surface area contributed by atoms with E-state index in [1.165, 1.54) is 30.6 Å². The number of para-hydroxylation sites is 1. The Morgan fingerprint density at radius 3 is 2.32 bits per heavy atom. The molecule has 0 amide bonds. The fraction of sp³-hybridized carbons (Fsp3) is 0.200. The molecule has 0 fully saturated rings. The first-order valence-electron chi connectivity index (χ1n) is 14.2. The molecule has 3 heterocycles. The van der Waals surface area contributed by atoms with E-state index in [1.807, 2.05) is 60.8 Å². The Bertz CT molecular complexity index is 2080. The van der Waals surface area contributed by atoms with E-state index in [0.29, 0.717) is 37.4 Å². The van der Waals surface area contributed by atoms with Crippen LogP contribution in [0.3, 0.4) is 0 Å². The fourth-order valence-electron chi connectivity index (χ4n) is 5.35. The lowest BCUT2D eigenvalue weighted by molar-refractivity contribution is -0.136. The molecule has 44 heavy (non-hydrogen) atoms. The Balaban J connectivity index is 1.55. The van der Waals surface area contributed by atoms with E-state index in [0.717, 1.165) is 16.8 Å². The van der Waals surface area contributed by atoms with Gasteiger partial charge in [-0.2, -0.15) is 5.10 Å². The van der Waals surface area contributed by atoms with Gasteiger partial charge in [0.15, 0.2) is 4.80 Å². The van der Waals surface area contributed by atoms with E-state index in [4.69, 9.17) is 9.84 Å². The second-order valence-corrected chi connectivity index (χ2v) is 12.7. The normalized spacial score (nSPS) is 15.2. The monoisotopic (exact) mass is 606 g/mol. The number of hydrogen-bond donors (Lipinski definition) is 0. The van der Waals surface area contributed by atoms with Gasteiger partial charge in [0.05, 0.1) is 34.6 Å². The van der Waals surface area contributed by atoms with Crippen molar-refractivity contribution in [1.82, 2.24) is 14.3 Å². The maximum atomic E-state index is 14.2. The maximum absolute atomic E-state index is 14.2. The molecular weight excluding hydrogens is 575 g/mol. The lowest BCUT2D eigenvalue weighted by atomic mass is 9.85. The molecule has 2 aromatic heterocycles. The Morgan fingerprint density at radius 2 is 1.68 bits per heavy atom. The summed E-state index contributed by atoms with van der Waals surface area (Å²) in [7, 11) is 1.33. The highest BCUT2D eigenvalue weighted by Crippen LogP contribution is 2.32. The number of rotatable bonds is 5. The van der Waals surface area contributed by atoms with Crippen molar-refractivity contribution in [3.05, 3.63) is 139 Å². The van der Waals surface area contributed by atoms with Crippen molar-refractivity contribution >= 4 is 23.4 Å². The number of hydrogen-bond acceptors (Lipinski definition) is 6. The number of carbonyl (C=O) groups excluding carboxylic acids is 1. The number of carbonyl (C=O) groups is 1. The summed E-state index contributed by atoms with van der Waals surface area (Å²) in [6.07, 6.45) is 3.63. The highest BCUT2D eigenvalue weighted by Gasteiger charge is 2.33. The quantitative estimate of drug-likeness (QED) is 0.241. The third-order valence-electron chi connectivity index (χ3n) is 7.69. The van der Waals surface area contributed by atoms with Gasteiger partial charge in [0.1, 0.15) is 11.5 Å². The van der Waals surface area contributed by atoms with E-state index in [1.54, 1.807) is 34.4 Å². The topological polar surface area (TPSA) is 78.5 Å². The summed E-state index contributed by atoms with van der Waals surface area (Å²) in [5.41, 5.74) is 5.22. The van der Waals surface area contributed by atoms with Gasteiger partial charge in [0.25, 0.3) is 5.56 Å². The zero-order chi connectivity index (χ0) is 31.2.